The van der Waals surface area contributed by atoms with Crippen molar-refractivity contribution in [2.24, 2.45) is 0 Å². The second-order valence-corrected chi connectivity index (χ2v) is 7.46. The molecule has 4 aromatic rings. The van der Waals surface area contributed by atoms with Gasteiger partial charge in [-0.05, 0) is 67.9 Å². The first-order chi connectivity index (χ1) is 16.1. The maximum atomic E-state index is 12.5. The van der Waals surface area contributed by atoms with Gasteiger partial charge in [0.2, 0.25) is 5.89 Å². The Labute approximate surface area is 193 Å². The van der Waals surface area contributed by atoms with Gasteiger partial charge >= 0.3 is 0 Å². The third kappa shape index (κ3) is 5.80. The number of nitrogens with zero attached hydrogens (tertiary/aromatic N) is 1. The van der Waals surface area contributed by atoms with Crippen molar-refractivity contribution in [3.63, 3.8) is 0 Å². The lowest BCUT2D eigenvalue weighted by molar-refractivity contribution is 0.0951. The summed E-state index contributed by atoms with van der Waals surface area (Å²) in [6.45, 7) is 5.20. The van der Waals surface area contributed by atoms with Gasteiger partial charge in [0.05, 0.1) is 6.61 Å². The molecule has 0 aliphatic heterocycles. The molecule has 33 heavy (non-hydrogen) atoms. The van der Waals surface area contributed by atoms with Crippen molar-refractivity contribution in [1.29, 1.82) is 0 Å². The van der Waals surface area contributed by atoms with Crippen molar-refractivity contribution in [3.8, 4) is 23.0 Å². The summed E-state index contributed by atoms with van der Waals surface area (Å²) in [5.74, 6) is 2.66. The first-order valence-corrected chi connectivity index (χ1v) is 10.9. The van der Waals surface area contributed by atoms with Gasteiger partial charge in [0.25, 0.3) is 5.91 Å². The van der Waals surface area contributed by atoms with E-state index in [0.29, 0.717) is 37.0 Å². The second kappa shape index (κ2) is 10.5. The molecule has 0 aliphatic rings. The number of hydrogen-bond donors (Lipinski definition) is 1. The Balaban J connectivity index is 1.35. The van der Waals surface area contributed by atoms with Crippen LogP contribution in [0.25, 0.3) is 11.5 Å². The smallest absolute Gasteiger partial charge is 0.251 e. The fraction of sp³-hybridized carbons (Fsp3) is 0.185. The lowest BCUT2D eigenvalue weighted by Gasteiger charge is -2.07. The van der Waals surface area contributed by atoms with Gasteiger partial charge in [-0.3, -0.25) is 4.79 Å². The molecule has 168 valence electrons. The average molecular weight is 443 g/mol. The van der Waals surface area contributed by atoms with E-state index < -0.39 is 0 Å². The number of carbonyl (C=O) groups excluding carboxylic acids is 1. The van der Waals surface area contributed by atoms with Crippen LogP contribution in [0.15, 0.2) is 83.3 Å². The summed E-state index contributed by atoms with van der Waals surface area (Å²) in [7, 11) is 0. The predicted octanol–water partition coefficient (Wildman–Crippen LogP) is 5.56. The van der Waals surface area contributed by atoms with Crippen LogP contribution < -0.4 is 14.8 Å². The number of oxazole rings is 1. The maximum Gasteiger partial charge on any atom is 0.251 e. The minimum absolute atomic E-state index is 0.143. The standard InChI is InChI=1S/C27H26N2O4/c1-3-31-24-15-9-20(10-16-24)17-28-26(30)21-11-13-22(14-12-21)27-29-25(19(2)33-27)18-32-23-7-5-4-6-8-23/h4-16H,3,17-18H2,1-2H3,(H,28,30). The summed E-state index contributed by atoms with van der Waals surface area (Å²) in [4.78, 5) is 17.1. The number of ether oxygens (including phenoxy) is 2. The first kappa shape index (κ1) is 22.1. The Morgan fingerprint density at radius 3 is 2.30 bits per heavy atom. The van der Waals surface area contributed by atoms with Crippen LogP contribution in [0.5, 0.6) is 11.5 Å². The van der Waals surface area contributed by atoms with E-state index >= 15 is 0 Å². The largest absolute Gasteiger partial charge is 0.494 e. The summed E-state index contributed by atoms with van der Waals surface area (Å²) in [6.07, 6.45) is 0. The molecule has 0 saturated carbocycles. The molecule has 0 atom stereocenters. The lowest BCUT2D eigenvalue weighted by atomic mass is 10.1. The Kier molecular flexibility index (Phi) is 7.05. The molecule has 1 amide bonds. The van der Waals surface area contributed by atoms with Crippen LogP contribution in [0.2, 0.25) is 0 Å². The zero-order chi connectivity index (χ0) is 23.0. The molecule has 0 saturated heterocycles. The van der Waals surface area contributed by atoms with Crippen LogP contribution in [0.3, 0.4) is 0 Å². The van der Waals surface area contributed by atoms with Crippen LogP contribution in [-0.2, 0) is 13.2 Å². The van der Waals surface area contributed by atoms with Crippen LogP contribution >= 0.6 is 0 Å². The maximum absolute atomic E-state index is 12.5. The van der Waals surface area contributed by atoms with E-state index in [1.807, 2.05) is 80.6 Å². The molecule has 1 N–H and O–H groups in total. The number of nitrogens with one attached hydrogen (secondary N) is 1. The zero-order valence-electron chi connectivity index (χ0n) is 18.7. The van der Waals surface area contributed by atoms with Gasteiger partial charge in [-0.25, -0.2) is 4.98 Å². The van der Waals surface area contributed by atoms with Crippen molar-refractivity contribution in [2.75, 3.05) is 6.61 Å². The van der Waals surface area contributed by atoms with Crippen molar-refractivity contribution in [2.45, 2.75) is 27.0 Å². The zero-order valence-corrected chi connectivity index (χ0v) is 18.7. The predicted molar refractivity (Wildman–Crippen MR) is 126 cm³/mol. The normalized spacial score (nSPS) is 10.6. The lowest BCUT2D eigenvalue weighted by Crippen LogP contribution is -2.22. The summed E-state index contributed by atoms with van der Waals surface area (Å²) in [6, 6.07) is 24.5. The molecule has 0 spiro atoms. The van der Waals surface area contributed by atoms with E-state index in [2.05, 4.69) is 10.3 Å². The molecule has 6 heteroatoms. The molecule has 0 fully saturated rings. The Morgan fingerprint density at radius 2 is 1.61 bits per heavy atom. The number of para-hydroxylation sites is 1. The van der Waals surface area contributed by atoms with E-state index in [4.69, 9.17) is 13.9 Å². The molecule has 1 heterocycles. The number of rotatable bonds is 9. The topological polar surface area (TPSA) is 73.6 Å². The van der Waals surface area contributed by atoms with Crippen LogP contribution in [0.1, 0.15) is 34.3 Å². The number of benzene rings is 3. The Morgan fingerprint density at radius 1 is 0.909 bits per heavy atom. The highest BCUT2D eigenvalue weighted by atomic mass is 16.5. The molecule has 6 nitrogen and oxygen atoms in total. The van der Waals surface area contributed by atoms with Crippen molar-refractivity contribution < 1.29 is 18.7 Å². The van der Waals surface area contributed by atoms with Gasteiger partial charge in [-0.15, -0.1) is 0 Å². The second-order valence-electron chi connectivity index (χ2n) is 7.46. The fourth-order valence-electron chi connectivity index (χ4n) is 3.27. The minimum Gasteiger partial charge on any atom is -0.494 e. The summed E-state index contributed by atoms with van der Waals surface area (Å²) in [5.41, 5.74) is 3.11. The molecule has 0 radical (unpaired) electrons. The molecule has 1 aromatic heterocycles. The minimum atomic E-state index is -0.143. The molecular weight excluding hydrogens is 416 g/mol. The van der Waals surface area contributed by atoms with E-state index in [1.165, 1.54) is 0 Å². The Hall–Kier alpha value is -4.06. The van der Waals surface area contributed by atoms with Gasteiger partial charge in [-0.1, -0.05) is 30.3 Å². The van der Waals surface area contributed by atoms with Crippen LogP contribution in [0, 0.1) is 6.92 Å². The van der Waals surface area contributed by atoms with Gasteiger partial charge in [0.15, 0.2) is 0 Å². The highest BCUT2D eigenvalue weighted by Gasteiger charge is 2.13. The van der Waals surface area contributed by atoms with Gasteiger partial charge in [-0.2, -0.15) is 0 Å². The third-order valence-corrected chi connectivity index (χ3v) is 5.09. The summed E-state index contributed by atoms with van der Waals surface area (Å²) in [5, 5.41) is 2.94. The number of aryl methyl sites for hydroxylation is 1. The molecule has 4 rings (SSSR count). The number of carbonyl (C=O) groups is 1. The molecular formula is C27H26N2O4. The quantitative estimate of drug-likeness (QED) is 0.367. The molecule has 0 aliphatic carbocycles. The van der Waals surface area contributed by atoms with Crippen LogP contribution in [-0.4, -0.2) is 17.5 Å². The van der Waals surface area contributed by atoms with E-state index in [-0.39, 0.29) is 5.91 Å². The first-order valence-electron chi connectivity index (χ1n) is 10.9. The summed E-state index contributed by atoms with van der Waals surface area (Å²) >= 11 is 0. The van der Waals surface area contributed by atoms with Gasteiger partial charge < -0.3 is 19.2 Å². The summed E-state index contributed by atoms with van der Waals surface area (Å²) < 4.78 is 17.0. The molecule has 0 bridgehead atoms. The van der Waals surface area contributed by atoms with Crippen molar-refractivity contribution >= 4 is 5.91 Å². The number of aromatic nitrogens is 1. The Bertz CT molecular complexity index is 1180. The van der Waals surface area contributed by atoms with Gasteiger partial charge in [0.1, 0.15) is 29.6 Å². The monoisotopic (exact) mass is 442 g/mol. The van der Waals surface area contributed by atoms with Gasteiger partial charge in [0, 0.05) is 17.7 Å². The van der Waals surface area contributed by atoms with E-state index in [9.17, 15) is 4.79 Å². The molecule has 0 unspecified atom stereocenters. The molecule has 3 aromatic carbocycles. The van der Waals surface area contributed by atoms with Crippen LogP contribution in [0.4, 0.5) is 0 Å². The highest BCUT2D eigenvalue weighted by molar-refractivity contribution is 5.94. The highest BCUT2D eigenvalue weighted by Crippen LogP contribution is 2.23. The van der Waals surface area contributed by atoms with E-state index in [0.717, 1.165) is 28.3 Å². The number of hydrogen-bond acceptors (Lipinski definition) is 5. The SMILES string of the molecule is CCOc1ccc(CNC(=O)c2ccc(-c3nc(COc4ccccc4)c(C)o3)cc2)cc1. The van der Waals surface area contributed by atoms with E-state index in [1.54, 1.807) is 12.1 Å². The van der Waals surface area contributed by atoms with Crippen molar-refractivity contribution in [1.82, 2.24) is 10.3 Å². The average Bonchev–Trinajstić information content (AvgIpc) is 3.23. The number of amides is 1. The van der Waals surface area contributed by atoms with Crippen molar-refractivity contribution in [3.05, 3.63) is 101 Å². The fourth-order valence-corrected chi connectivity index (χ4v) is 3.27. The third-order valence-electron chi connectivity index (χ3n) is 5.09.